The molecule has 0 aromatic heterocycles. The summed E-state index contributed by atoms with van der Waals surface area (Å²) >= 11 is 0. The third-order valence-corrected chi connectivity index (χ3v) is 10.4. The maximum absolute atomic E-state index is 14.2. The number of fused-ring (bicyclic) bond motifs is 5. The van der Waals surface area contributed by atoms with E-state index in [1.54, 1.807) is 0 Å². The average molecular weight is 487 g/mol. The fourth-order valence-electron chi connectivity index (χ4n) is 8.68. The molecule has 8 atom stereocenters. The number of hydrogen-bond donors (Lipinski definition) is 0. The molecule has 192 valence electrons. The number of Topliss-reactive ketones (excluding diaryl/α,β-unsaturated/α-hetero) is 3. The minimum atomic E-state index is -0.892. The molecule has 0 aromatic carbocycles. The Balaban J connectivity index is 1.85. The number of carbonyl (C=O) groups is 5. The molecule has 0 radical (unpaired) electrons. The monoisotopic (exact) mass is 486 g/mol. The maximum atomic E-state index is 14.2. The molecule has 0 spiro atoms. The molecule has 3 saturated carbocycles. The van der Waals surface area contributed by atoms with E-state index in [-0.39, 0.29) is 42.0 Å². The summed E-state index contributed by atoms with van der Waals surface area (Å²) in [6, 6.07) is 0. The molecule has 0 N–H and O–H groups in total. The van der Waals surface area contributed by atoms with Crippen molar-refractivity contribution in [3.63, 3.8) is 0 Å². The molecule has 4 aliphatic rings. The molecule has 7 heteroatoms. The minimum absolute atomic E-state index is 0.0646. The molecule has 0 saturated heterocycles. The Bertz CT molecular complexity index is 1050. The summed E-state index contributed by atoms with van der Waals surface area (Å²) in [5.74, 6) is -1.98. The average Bonchev–Trinajstić information content (AvgIpc) is 2.92. The fraction of sp³-hybridized carbons (Fsp3) is 0.750. The quantitative estimate of drug-likeness (QED) is 0.438. The van der Waals surface area contributed by atoms with Gasteiger partial charge in [-0.15, -0.1) is 0 Å². The van der Waals surface area contributed by atoms with Gasteiger partial charge in [-0.05, 0) is 62.7 Å². The maximum Gasteiger partial charge on any atom is 0.303 e. The Labute approximate surface area is 207 Å². The van der Waals surface area contributed by atoms with Crippen LogP contribution in [0.5, 0.6) is 0 Å². The van der Waals surface area contributed by atoms with Gasteiger partial charge in [-0.1, -0.05) is 32.4 Å². The Hall–Kier alpha value is -2.31. The van der Waals surface area contributed by atoms with Gasteiger partial charge in [-0.2, -0.15) is 0 Å². The van der Waals surface area contributed by atoms with Crippen molar-refractivity contribution < 1.29 is 33.4 Å². The zero-order valence-corrected chi connectivity index (χ0v) is 22.2. The molecule has 7 nitrogen and oxygen atoms in total. The summed E-state index contributed by atoms with van der Waals surface area (Å²) in [6.45, 7) is 14.0. The molecule has 0 heterocycles. The Kier molecular flexibility index (Phi) is 5.78. The molecule has 35 heavy (non-hydrogen) atoms. The third kappa shape index (κ3) is 3.32. The predicted molar refractivity (Wildman–Crippen MR) is 127 cm³/mol. The molecule has 4 aliphatic carbocycles. The van der Waals surface area contributed by atoms with Gasteiger partial charge in [0.25, 0.3) is 0 Å². The van der Waals surface area contributed by atoms with Gasteiger partial charge in [0.15, 0.2) is 11.9 Å². The number of allylic oxidation sites excluding steroid dienone is 2. The van der Waals surface area contributed by atoms with Crippen molar-refractivity contribution in [3.05, 3.63) is 11.6 Å². The van der Waals surface area contributed by atoms with Crippen LogP contribution in [0.25, 0.3) is 0 Å². The van der Waals surface area contributed by atoms with Gasteiger partial charge in [-0.25, -0.2) is 0 Å². The van der Waals surface area contributed by atoms with E-state index in [0.717, 1.165) is 5.57 Å². The van der Waals surface area contributed by atoms with Gasteiger partial charge in [0, 0.05) is 31.1 Å². The zero-order chi connectivity index (χ0) is 26.3. The van der Waals surface area contributed by atoms with Gasteiger partial charge < -0.3 is 9.47 Å². The van der Waals surface area contributed by atoms with E-state index in [1.807, 2.05) is 27.7 Å². The summed E-state index contributed by atoms with van der Waals surface area (Å²) in [7, 11) is 0. The largest absolute Gasteiger partial charge is 0.462 e. The molecule has 4 rings (SSSR count). The number of carbonyl (C=O) groups excluding carboxylic acids is 5. The SMILES string of the molecule is CC(=O)O[C@H]1C[C@@H]2C(=CC[C@H]3[C@@]2(C)C(=O)C[C@]2(C)[C@@H](C(C)=O)[C@H](OC(C)=O)C[C@@]32C)C(C)(C)C1=O. The first-order valence-electron chi connectivity index (χ1n) is 12.6. The summed E-state index contributed by atoms with van der Waals surface area (Å²) in [6.07, 6.45) is 2.25. The lowest BCUT2D eigenvalue weighted by Gasteiger charge is -2.63. The fourth-order valence-corrected chi connectivity index (χ4v) is 8.68. The van der Waals surface area contributed by atoms with Crippen LogP contribution in [0.1, 0.15) is 81.1 Å². The zero-order valence-electron chi connectivity index (χ0n) is 22.2. The van der Waals surface area contributed by atoms with E-state index in [2.05, 4.69) is 13.0 Å². The number of esters is 2. The first-order chi connectivity index (χ1) is 16.0. The van der Waals surface area contributed by atoms with Crippen LogP contribution in [0.4, 0.5) is 0 Å². The van der Waals surface area contributed by atoms with Crippen LogP contribution in [0.15, 0.2) is 11.6 Å². The number of ketones is 3. The molecular weight excluding hydrogens is 448 g/mol. The van der Waals surface area contributed by atoms with Crippen LogP contribution in [-0.4, -0.2) is 41.5 Å². The van der Waals surface area contributed by atoms with E-state index < -0.39 is 51.7 Å². The molecule has 0 aromatic rings. The molecular formula is C28H38O7. The van der Waals surface area contributed by atoms with Gasteiger partial charge >= 0.3 is 11.9 Å². The van der Waals surface area contributed by atoms with Crippen molar-refractivity contribution in [2.24, 2.45) is 39.4 Å². The van der Waals surface area contributed by atoms with Crippen LogP contribution < -0.4 is 0 Å². The second-order valence-electron chi connectivity index (χ2n) is 12.5. The van der Waals surface area contributed by atoms with Crippen molar-refractivity contribution in [1.29, 1.82) is 0 Å². The topological polar surface area (TPSA) is 104 Å². The predicted octanol–water partition coefficient (Wildman–Crippen LogP) is 4.01. The third-order valence-electron chi connectivity index (χ3n) is 10.4. The van der Waals surface area contributed by atoms with Crippen LogP contribution >= 0.6 is 0 Å². The highest BCUT2D eigenvalue weighted by atomic mass is 16.5. The van der Waals surface area contributed by atoms with Gasteiger partial charge in [-0.3, -0.25) is 24.0 Å². The molecule has 0 unspecified atom stereocenters. The highest BCUT2D eigenvalue weighted by Crippen LogP contribution is 2.73. The smallest absolute Gasteiger partial charge is 0.303 e. The number of ether oxygens (including phenoxy) is 2. The summed E-state index contributed by atoms with van der Waals surface area (Å²) in [5.41, 5.74) is -1.79. The number of rotatable bonds is 3. The van der Waals surface area contributed by atoms with Crippen LogP contribution in [0.3, 0.4) is 0 Å². The van der Waals surface area contributed by atoms with E-state index >= 15 is 0 Å². The summed E-state index contributed by atoms with van der Waals surface area (Å²) in [4.78, 5) is 64.0. The van der Waals surface area contributed by atoms with E-state index in [0.29, 0.717) is 12.8 Å². The highest BCUT2D eigenvalue weighted by Gasteiger charge is 2.73. The van der Waals surface area contributed by atoms with Gasteiger partial charge in [0.1, 0.15) is 17.7 Å². The minimum Gasteiger partial charge on any atom is -0.462 e. The molecule has 3 fully saturated rings. The Morgan fingerprint density at radius 3 is 2.06 bits per heavy atom. The van der Waals surface area contributed by atoms with Crippen LogP contribution in [-0.2, 0) is 33.4 Å². The highest BCUT2D eigenvalue weighted by molar-refractivity contribution is 5.96. The second kappa shape index (κ2) is 7.84. The van der Waals surface area contributed by atoms with Crippen LogP contribution in [0, 0.1) is 39.4 Å². The normalized spacial score (nSPS) is 43.9. The van der Waals surface area contributed by atoms with E-state index in [1.165, 1.54) is 20.8 Å². The first-order valence-corrected chi connectivity index (χ1v) is 12.6. The molecule has 0 amide bonds. The standard InChI is InChI=1S/C28H38O7/c1-14(29)23-20(35-16(3)31)12-26(6)21-10-9-17-18(28(21,8)22(32)13-27(23,26)7)11-19(34-15(2)30)24(33)25(17,4)5/h9,18-21,23H,10-13H2,1-8H3/t18-,19+,20-,21-,23+,26+,27-,28+/m1/s1. The summed E-state index contributed by atoms with van der Waals surface area (Å²) < 4.78 is 11.1. The second-order valence-corrected chi connectivity index (χ2v) is 12.5. The number of hydrogen-bond acceptors (Lipinski definition) is 7. The van der Waals surface area contributed by atoms with Crippen LogP contribution in [0.2, 0.25) is 0 Å². The van der Waals surface area contributed by atoms with Gasteiger partial charge in [0.2, 0.25) is 0 Å². The lowest BCUT2D eigenvalue weighted by molar-refractivity contribution is -0.176. The van der Waals surface area contributed by atoms with Crippen molar-refractivity contribution in [1.82, 2.24) is 0 Å². The molecule has 0 aliphatic heterocycles. The van der Waals surface area contributed by atoms with E-state index in [9.17, 15) is 24.0 Å². The van der Waals surface area contributed by atoms with Gasteiger partial charge in [0.05, 0.1) is 5.92 Å². The van der Waals surface area contributed by atoms with Crippen molar-refractivity contribution >= 4 is 29.3 Å². The lowest BCUT2D eigenvalue weighted by Crippen LogP contribution is -2.64. The van der Waals surface area contributed by atoms with E-state index in [4.69, 9.17) is 9.47 Å². The first kappa shape index (κ1) is 25.8. The molecule has 0 bridgehead atoms. The van der Waals surface area contributed by atoms with Crippen molar-refractivity contribution in [2.75, 3.05) is 0 Å². The lowest BCUT2D eigenvalue weighted by atomic mass is 9.39. The Morgan fingerprint density at radius 1 is 0.914 bits per heavy atom. The summed E-state index contributed by atoms with van der Waals surface area (Å²) in [5, 5.41) is 0. The Morgan fingerprint density at radius 2 is 1.51 bits per heavy atom. The van der Waals surface area contributed by atoms with Crippen molar-refractivity contribution in [2.45, 2.75) is 93.3 Å². The van der Waals surface area contributed by atoms with Crippen molar-refractivity contribution in [3.8, 4) is 0 Å².